The smallest absolute Gasteiger partial charge is 0.114 e. The molecule has 0 atom stereocenters. The van der Waals surface area contributed by atoms with Crippen molar-refractivity contribution < 1.29 is 0 Å². The Morgan fingerprint density at radius 3 is 2.62 bits per heavy atom. The Bertz CT molecular complexity index is 102. The van der Waals surface area contributed by atoms with Crippen LogP contribution in [0.2, 0.25) is 0 Å². The van der Waals surface area contributed by atoms with E-state index in [1.165, 1.54) is 0 Å². The molecule has 0 saturated carbocycles. The molecule has 0 saturated heterocycles. The summed E-state index contributed by atoms with van der Waals surface area (Å²) >= 11 is 0. The van der Waals surface area contributed by atoms with Crippen LogP contribution in [0.5, 0.6) is 0 Å². The molecule has 0 aromatic heterocycles. The predicted octanol–water partition coefficient (Wildman–Crippen LogP) is 0.657. The standard InChI is InChI=1S/C5H11N3/c1-4-8(3)7-5-6-2/h4H2,1-3H3. The zero-order chi connectivity index (χ0) is 6.41. The molecule has 0 fully saturated rings. The van der Waals surface area contributed by atoms with Gasteiger partial charge >= 0.3 is 0 Å². The highest BCUT2D eigenvalue weighted by atomic mass is 15.4. The topological polar surface area (TPSA) is 28.0 Å². The Balaban J connectivity index is 3.52. The minimum absolute atomic E-state index is 0.891. The van der Waals surface area contributed by atoms with Crippen LogP contribution in [-0.4, -0.2) is 31.7 Å². The van der Waals surface area contributed by atoms with Gasteiger partial charge in [0.25, 0.3) is 0 Å². The number of hydrazone groups is 1. The number of nitrogens with zero attached hydrogens (tertiary/aromatic N) is 3. The maximum atomic E-state index is 3.78. The lowest BCUT2D eigenvalue weighted by atomic mass is 10.7. The van der Waals surface area contributed by atoms with Crippen molar-refractivity contribution in [2.75, 3.05) is 20.6 Å². The molecule has 8 heavy (non-hydrogen) atoms. The van der Waals surface area contributed by atoms with E-state index in [1.807, 2.05) is 14.0 Å². The average molecular weight is 113 g/mol. The minimum Gasteiger partial charge on any atom is -0.291 e. The molecule has 0 heterocycles. The highest BCUT2D eigenvalue weighted by molar-refractivity contribution is 5.39. The lowest BCUT2D eigenvalue weighted by Crippen LogP contribution is -2.07. The predicted molar refractivity (Wildman–Crippen MR) is 34.1 cm³/mol. The zero-order valence-electron chi connectivity index (χ0n) is 5.55. The molecule has 0 radical (unpaired) electrons. The molecule has 0 N–H and O–H groups in total. The van der Waals surface area contributed by atoms with E-state index in [2.05, 4.69) is 16.1 Å². The van der Waals surface area contributed by atoms with E-state index in [4.69, 9.17) is 0 Å². The lowest BCUT2D eigenvalue weighted by Gasteiger charge is -2.03. The van der Waals surface area contributed by atoms with E-state index in [0.717, 1.165) is 6.54 Å². The van der Waals surface area contributed by atoms with E-state index in [9.17, 15) is 0 Å². The van der Waals surface area contributed by atoms with Crippen LogP contribution in [0.25, 0.3) is 0 Å². The van der Waals surface area contributed by atoms with Crippen LogP contribution < -0.4 is 0 Å². The van der Waals surface area contributed by atoms with Crippen LogP contribution in [0.15, 0.2) is 10.1 Å². The van der Waals surface area contributed by atoms with E-state index < -0.39 is 0 Å². The molecule has 3 heteroatoms. The fraction of sp³-hybridized carbons (Fsp3) is 0.800. The Morgan fingerprint density at radius 1 is 1.62 bits per heavy atom. The Kier molecular flexibility index (Phi) is 3.90. The van der Waals surface area contributed by atoms with Crippen molar-refractivity contribution in [2.24, 2.45) is 10.1 Å². The van der Waals surface area contributed by atoms with Gasteiger partial charge in [-0.15, -0.1) is 5.10 Å². The summed E-state index contributed by atoms with van der Waals surface area (Å²) in [5.41, 5.74) is 0. The molecule has 0 bridgehead atoms. The SMILES string of the molecule is CCN(C)N=C=NC. The van der Waals surface area contributed by atoms with Gasteiger partial charge in [-0.2, -0.15) is 0 Å². The third-order valence-electron chi connectivity index (χ3n) is 0.773. The van der Waals surface area contributed by atoms with Crippen LogP contribution in [0.4, 0.5) is 0 Å². The van der Waals surface area contributed by atoms with Gasteiger partial charge in [-0.25, -0.2) is 4.99 Å². The summed E-state index contributed by atoms with van der Waals surface area (Å²) in [5, 5.41) is 5.53. The van der Waals surface area contributed by atoms with Crippen LogP contribution >= 0.6 is 0 Å². The summed E-state index contributed by atoms with van der Waals surface area (Å²) in [6.07, 6.45) is 0. The van der Waals surface area contributed by atoms with Gasteiger partial charge in [0.2, 0.25) is 0 Å². The van der Waals surface area contributed by atoms with Crippen molar-refractivity contribution in [1.29, 1.82) is 0 Å². The lowest BCUT2D eigenvalue weighted by molar-refractivity contribution is 0.378. The second-order valence-corrected chi connectivity index (χ2v) is 1.40. The number of aliphatic imine (C=N–C) groups is 1. The molecular formula is C5H11N3. The largest absolute Gasteiger partial charge is 0.291 e. The molecule has 0 amide bonds. The van der Waals surface area contributed by atoms with Gasteiger partial charge < -0.3 is 0 Å². The van der Waals surface area contributed by atoms with E-state index in [0.29, 0.717) is 0 Å². The molecule has 3 nitrogen and oxygen atoms in total. The Morgan fingerprint density at radius 2 is 2.25 bits per heavy atom. The van der Waals surface area contributed by atoms with Gasteiger partial charge in [-0.1, -0.05) is 0 Å². The summed E-state index contributed by atoms with van der Waals surface area (Å²) in [6, 6.07) is 2.47. The molecule has 0 aliphatic carbocycles. The normalized spacial score (nSPS) is 7.38. The van der Waals surface area contributed by atoms with Crippen LogP contribution in [0.1, 0.15) is 6.92 Å². The second kappa shape index (κ2) is 4.34. The monoisotopic (exact) mass is 113 g/mol. The summed E-state index contributed by atoms with van der Waals surface area (Å²) in [5.74, 6) is 0. The van der Waals surface area contributed by atoms with E-state index >= 15 is 0 Å². The summed E-state index contributed by atoms with van der Waals surface area (Å²) < 4.78 is 0. The van der Waals surface area contributed by atoms with Crippen molar-refractivity contribution in [3.63, 3.8) is 0 Å². The zero-order valence-corrected chi connectivity index (χ0v) is 5.55. The third kappa shape index (κ3) is 3.37. The molecule has 0 aromatic rings. The van der Waals surface area contributed by atoms with Crippen LogP contribution in [0, 0.1) is 0 Å². The third-order valence-corrected chi connectivity index (χ3v) is 0.773. The first-order chi connectivity index (χ1) is 3.81. The highest BCUT2D eigenvalue weighted by Gasteiger charge is 1.78. The van der Waals surface area contributed by atoms with Crippen molar-refractivity contribution >= 4 is 6.01 Å². The maximum Gasteiger partial charge on any atom is 0.114 e. The Labute approximate surface area is 49.7 Å². The fourth-order valence-corrected chi connectivity index (χ4v) is 0.192. The first-order valence-electron chi connectivity index (χ1n) is 2.56. The van der Waals surface area contributed by atoms with Crippen LogP contribution in [-0.2, 0) is 0 Å². The first-order valence-corrected chi connectivity index (χ1v) is 2.56. The van der Waals surface area contributed by atoms with Gasteiger partial charge in [-0.3, -0.25) is 5.01 Å². The van der Waals surface area contributed by atoms with Crippen molar-refractivity contribution in [2.45, 2.75) is 6.92 Å². The fourth-order valence-electron chi connectivity index (χ4n) is 0.192. The number of hydrogen-bond acceptors (Lipinski definition) is 3. The van der Waals surface area contributed by atoms with E-state index in [1.54, 1.807) is 12.1 Å². The minimum atomic E-state index is 0.891. The summed E-state index contributed by atoms with van der Waals surface area (Å²) in [6.45, 7) is 2.91. The molecule has 46 valence electrons. The number of rotatable bonds is 2. The molecule has 0 aliphatic rings. The molecule has 0 unspecified atom stereocenters. The Hall–Kier alpha value is -0.820. The van der Waals surface area contributed by atoms with Crippen molar-refractivity contribution in [3.05, 3.63) is 0 Å². The van der Waals surface area contributed by atoms with Crippen molar-refractivity contribution in [3.8, 4) is 0 Å². The molecule has 0 aromatic carbocycles. The second-order valence-electron chi connectivity index (χ2n) is 1.40. The van der Waals surface area contributed by atoms with Gasteiger partial charge in [0.1, 0.15) is 6.01 Å². The van der Waals surface area contributed by atoms with Crippen molar-refractivity contribution in [1.82, 2.24) is 5.01 Å². The summed E-state index contributed by atoms with van der Waals surface area (Å²) in [7, 11) is 3.52. The maximum absolute atomic E-state index is 3.78. The van der Waals surface area contributed by atoms with Gasteiger partial charge in [0.15, 0.2) is 0 Å². The molecule has 0 aliphatic heterocycles. The van der Waals surface area contributed by atoms with Gasteiger partial charge in [-0.05, 0) is 6.92 Å². The van der Waals surface area contributed by atoms with Gasteiger partial charge in [0, 0.05) is 20.6 Å². The number of hydrogen-bond donors (Lipinski definition) is 0. The molecule has 0 spiro atoms. The molecular weight excluding hydrogens is 102 g/mol. The van der Waals surface area contributed by atoms with E-state index in [-0.39, 0.29) is 0 Å². The average Bonchev–Trinajstić information content (AvgIpc) is 1.83. The van der Waals surface area contributed by atoms with Crippen LogP contribution in [0.3, 0.4) is 0 Å². The highest BCUT2D eigenvalue weighted by Crippen LogP contribution is 1.75. The quantitative estimate of drug-likeness (QED) is 0.382. The molecule has 0 rings (SSSR count). The summed E-state index contributed by atoms with van der Waals surface area (Å²) in [4.78, 5) is 3.57. The first kappa shape index (κ1) is 7.18. The van der Waals surface area contributed by atoms with Gasteiger partial charge in [0.05, 0.1) is 0 Å².